The van der Waals surface area contributed by atoms with Crippen molar-refractivity contribution in [2.75, 3.05) is 0 Å². The fourth-order valence-corrected chi connectivity index (χ4v) is 2.15. The molecular formula is C14H8FN3O. The summed E-state index contributed by atoms with van der Waals surface area (Å²) in [7, 11) is 0. The highest BCUT2D eigenvalue weighted by Gasteiger charge is 2.13. The maximum Gasteiger partial charge on any atom is 0.155 e. The van der Waals surface area contributed by atoms with E-state index in [0.29, 0.717) is 22.4 Å². The predicted octanol–water partition coefficient (Wildman–Crippen LogP) is 3.28. The number of hydrogen-bond acceptors (Lipinski definition) is 3. The summed E-state index contributed by atoms with van der Waals surface area (Å²) < 4.78 is 21.0. The van der Waals surface area contributed by atoms with E-state index >= 15 is 0 Å². The van der Waals surface area contributed by atoms with Crippen LogP contribution in [0.4, 0.5) is 4.39 Å². The summed E-state index contributed by atoms with van der Waals surface area (Å²) in [5.74, 6) is 0.251. The highest BCUT2D eigenvalue weighted by atomic mass is 19.1. The Hall–Kier alpha value is -2.69. The zero-order chi connectivity index (χ0) is 12.8. The summed E-state index contributed by atoms with van der Waals surface area (Å²) in [6.07, 6.45) is 3.33. The molecule has 4 nitrogen and oxygen atoms in total. The lowest BCUT2D eigenvalue weighted by Gasteiger charge is -1.95. The van der Waals surface area contributed by atoms with Crippen molar-refractivity contribution in [1.29, 1.82) is 0 Å². The van der Waals surface area contributed by atoms with Gasteiger partial charge in [0.15, 0.2) is 11.4 Å². The molecule has 1 aromatic carbocycles. The minimum atomic E-state index is -0.297. The fraction of sp³-hybridized carbons (Fsp3) is 0. The molecule has 0 fully saturated rings. The van der Waals surface area contributed by atoms with E-state index in [4.69, 9.17) is 4.42 Å². The molecular weight excluding hydrogens is 245 g/mol. The number of nitrogens with zero attached hydrogens (tertiary/aromatic N) is 3. The van der Waals surface area contributed by atoms with Crippen LogP contribution in [0.3, 0.4) is 0 Å². The Bertz CT molecular complexity index is 894. The maximum atomic E-state index is 13.7. The third-order valence-electron chi connectivity index (χ3n) is 3.04. The average molecular weight is 253 g/mol. The summed E-state index contributed by atoms with van der Waals surface area (Å²) in [5.41, 5.74) is 1.94. The monoisotopic (exact) mass is 253 g/mol. The first kappa shape index (κ1) is 10.3. The molecule has 0 aliphatic rings. The summed E-state index contributed by atoms with van der Waals surface area (Å²) in [6.45, 7) is 0. The van der Waals surface area contributed by atoms with Crippen LogP contribution in [0.1, 0.15) is 0 Å². The van der Waals surface area contributed by atoms with Crippen molar-refractivity contribution < 1.29 is 8.81 Å². The van der Waals surface area contributed by atoms with Crippen molar-refractivity contribution in [2.24, 2.45) is 0 Å². The van der Waals surface area contributed by atoms with E-state index in [1.807, 2.05) is 12.1 Å². The summed E-state index contributed by atoms with van der Waals surface area (Å²) in [6, 6.07) is 10.1. The van der Waals surface area contributed by atoms with Crippen LogP contribution < -0.4 is 0 Å². The quantitative estimate of drug-likeness (QED) is 0.523. The van der Waals surface area contributed by atoms with E-state index in [2.05, 4.69) is 10.1 Å². The van der Waals surface area contributed by atoms with E-state index in [9.17, 15) is 4.39 Å². The molecule has 92 valence electrons. The number of furan rings is 1. The fourth-order valence-electron chi connectivity index (χ4n) is 2.15. The van der Waals surface area contributed by atoms with Gasteiger partial charge in [0.25, 0.3) is 0 Å². The zero-order valence-corrected chi connectivity index (χ0v) is 9.75. The highest BCUT2D eigenvalue weighted by molar-refractivity contribution is 5.83. The Morgan fingerprint density at radius 1 is 1.16 bits per heavy atom. The first-order valence-electron chi connectivity index (χ1n) is 5.80. The van der Waals surface area contributed by atoms with Gasteiger partial charge in [-0.1, -0.05) is 6.07 Å². The molecule has 0 radical (unpaired) electrons. The Labute approximate surface area is 107 Å². The van der Waals surface area contributed by atoms with Gasteiger partial charge in [0.05, 0.1) is 11.6 Å². The molecule has 4 aromatic rings. The van der Waals surface area contributed by atoms with Crippen molar-refractivity contribution >= 4 is 16.6 Å². The van der Waals surface area contributed by atoms with Gasteiger partial charge in [-0.3, -0.25) is 0 Å². The third-order valence-corrected chi connectivity index (χ3v) is 3.04. The first-order valence-corrected chi connectivity index (χ1v) is 5.80. The van der Waals surface area contributed by atoms with Gasteiger partial charge < -0.3 is 4.42 Å². The smallest absolute Gasteiger partial charge is 0.155 e. The van der Waals surface area contributed by atoms with Gasteiger partial charge in [0, 0.05) is 6.20 Å². The second-order valence-electron chi connectivity index (χ2n) is 4.20. The molecule has 3 heterocycles. The number of aromatic nitrogens is 3. The predicted molar refractivity (Wildman–Crippen MR) is 68.2 cm³/mol. The van der Waals surface area contributed by atoms with E-state index in [1.54, 1.807) is 35.1 Å². The van der Waals surface area contributed by atoms with Gasteiger partial charge in [-0.15, -0.1) is 0 Å². The van der Waals surface area contributed by atoms with E-state index in [-0.39, 0.29) is 5.82 Å². The van der Waals surface area contributed by atoms with Gasteiger partial charge in [-0.2, -0.15) is 5.10 Å². The van der Waals surface area contributed by atoms with Gasteiger partial charge in [0.1, 0.15) is 17.1 Å². The molecule has 0 amide bonds. The molecule has 0 saturated carbocycles. The Morgan fingerprint density at radius 2 is 2.11 bits per heavy atom. The SMILES string of the molecule is Fc1cccc2oc(-c3cnc4cccnn34)cc12. The molecule has 3 aromatic heterocycles. The maximum absolute atomic E-state index is 13.7. The minimum Gasteiger partial charge on any atom is -0.454 e. The third kappa shape index (κ3) is 1.45. The van der Waals surface area contributed by atoms with Gasteiger partial charge >= 0.3 is 0 Å². The minimum absolute atomic E-state index is 0.297. The topological polar surface area (TPSA) is 43.3 Å². The van der Waals surface area contributed by atoms with Crippen molar-refractivity contribution in [3.8, 4) is 11.5 Å². The largest absolute Gasteiger partial charge is 0.454 e. The Balaban J connectivity index is 2.02. The van der Waals surface area contributed by atoms with Crippen molar-refractivity contribution in [3.63, 3.8) is 0 Å². The number of rotatable bonds is 1. The molecule has 0 N–H and O–H groups in total. The molecule has 0 unspecified atom stereocenters. The lowest BCUT2D eigenvalue weighted by molar-refractivity contribution is 0.618. The van der Waals surface area contributed by atoms with Crippen LogP contribution in [0, 0.1) is 5.82 Å². The normalized spacial score (nSPS) is 11.4. The van der Waals surface area contributed by atoms with Gasteiger partial charge in [0.2, 0.25) is 0 Å². The molecule has 0 atom stereocenters. The molecule has 0 saturated heterocycles. The molecule has 0 aliphatic heterocycles. The molecule has 5 heteroatoms. The van der Waals surface area contributed by atoms with Gasteiger partial charge in [-0.05, 0) is 30.3 Å². The Morgan fingerprint density at radius 3 is 3.00 bits per heavy atom. The van der Waals surface area contributed by atoms with Crippen LogP contribution in [0.25, 0.3) is 28.1 Å². The van der Waals surface area contributed by atoms with E-state index < -0.39 is 0 Å². The first-order chi connectivity index (χ1) is 9.33. The van der Waals surface area contributed by atoms with Crippen molar-refractivity contribution in [2.45, 2.75) is 0 Å². The standard InChI is InChI=1S/C14H8FN3O/c15-10-3-1-4-12-9(10)7-13(19-12)11-8-16-14-5-2-6-17-18(11)14/h1-8H. The Kier molecular flexibility index (Phi) is 1.97. The van der Waals surface area contributed by atoms with E-state index in [1.165, 1.54) is 6.07 Å². The number of halogens is 1. The number of fused-ring (bicyclic) bond motifs is 2. The number of imidazole rings is 1. The molecule has 0 spiro atoms. The van der Waals surface area contributed by atoms with Crippen molar-refractivity contribution in [3.05, 3.63) is 54.6 Å². The molecule has 19 heavy (non-hydrogen) atoms. The lowest BCUT2D eigenvalue weighted by Crippen LogP contribution is -1.91. The van der Waals surface area contributed by atoms with Crippen LogP contribution in [0.15, 0.2) is 53.2 Å². The highest BCUT2D eigenvalue weighted by Crippen LogP contribution is 2.29. The summed E-state index contributed by atoms with van der Waals surface area (Å²) in [5, 5.41) is 4.67. The van der Waals surface area contributed by atoms with Crippen LogP contribution in [0.5, 0.6) is 0 Å². The second kappa shape index (κ2) is 3.65. The van der Waals surface area contributed by atoms with Crippen LogP contribution in [0.2, 0.25) is 0 Å². The lowest BCUT2D eigenvalue weighted by atomic mass is 10.2. The number of benzene rings is 1. The van der Waals surface area contributed by atoms with Crippen LogP contribution in [-0.4, -0.2) is 14.6 Å². The van der Waals surface area contributed by atoms with Crippen LogP contribution >= 0.6 is 0 Å². The summed E-state index contributed by atoms with van der Waals surface area (Å²) in [4.78, 5) is 4.23. The average Bonchev–Trinajstić information content (AvgIpc) is 3.02. The zero-order valence-electron chi connectivity index (χ0n) is 9.75. The molecule has 4 rings (SSSR count). The van der Waals surface area contributed by atoms with Crippen LogP contribution in [-0.2, 0) is 0 Å². The second-order valence-corrected chi connectivity index (χ2v) is 4.20. The van der Waals surface area contributed by atoms with E-state index in [0.717, 1.165) is 5.65 Å². The number of hydrogen-bond donors (Lipinski definition) is 0. The summed E-state index contributed by atoms with van der Waals surface area (Å²) >= 11 is 0. The van der Waals surface area contributed by atoms with Crippen molar-refractivity contribution in [1.82, 2.24) is 14.6 Å². The van der Waals surface area contributed by atoms with Gasteiger partial charge in [-0.25, -0.2) is 13.9 Å². The molecule has 0 aliphatic carbocycles. The molecule has 0 bridgehead atoms.